The van der Waals surface area contributed by atoms with E-state index >= 15 is 0 Å². The van der Waals surface area contributed by atoms with Gasteiger partial charge in [-0.1, -0.05) is 32.0 Å². The van der Waals surface area contributed by atoms with Crippen molar-refractivity contribution in [2.24, 2.45) is 5.73 Å². The summed E-state index contributed by atoms with van der Waals surface area (Å²) in [5.41, 5.74) is 7.33. The first kappa shape index (κ1) is 12.3. The molecule has 4 nitrogen and oxygen atoms in total. The Balaban J connectivity index is 0.000000606. The Labute approximate surface area is 94.8 Å². The fraction of sp³-hybridized carbons (Fsp3) is 0.250. The van der Waals surface area contributed by atoms with Crippen LogP contribution < -0.4 is 11.1 Å². The van der Waals surface area contributed by atoms with Crippen LogP contribution in [0.2, 0.25) is 0 Å². The van der Waals surface area contributed by atoms with E-state index in [0.29, 0.717) is 5.56 Å². The lowest BCUT2D eigenvalue weighted by Gasteiger charge is -2.21. The largest absolute Gasteiger partial charge is 0.478 e. The molecule has 4 N–H and O–H groups in total. The number of fused-ring (bicyclic) bond motifs is 1. The smallest absolute Gasteiger partial charge is 0.336 e. The van der Waals surface area contributed by atoms with Crippen molar-refractivity contribution in [1.29, 1.82) is 0 Å². The van der Waals surface area contributed by atoms with Crippen LogP contribution in [0.3, 0.4) is 0 Å². The van der Waals surface area contributed by atoms with Crippen molar-refractivity contribution in [3.63, 3.8) is 0 Å². The number of hydrogen-bond donors (Lipinski definition) is 3. The number of carbonyl (C=O) groups is 1. The molecule has 0 saturated carbocycles. The summed E-state index contributed by atoms with van der Waals surface area (Å²) in [5, 5.41) is 11.9. The van der Waals surface area contributed by atoms with Gasteiger partial charge in [0.2, 0.25) is 0 Å². The maximum Gasteiger partial charge on any atom is 0.336 e. The summed E-state index contributed by atoms with van der Waals surface area (Å²) in [6, 6.07) is 7.21. The highest BCUT2D eigenvalue weighted by atomic mass is 16.4. The van der Waals surface area contributed by atoms with Crippen molar-refractivity contribution in [2.45, 2.75) is 20.0 Å². The van der Waals surface area contributed by atoms with Gasteiger partial charge >= 0.3 is 5.97 Å². The molecule has 1 unspecified atom stereocenters. The van der Waals surface area contributed by atoms with E-state index in [0.717, 1.165) is 5.69 Å². The van der Waals surface area contributed by atoms with Gasteiger partial charge in [0, 0.05) is 11.3 Å². The molecule has 1 aliphatic rings. The number of carboxylic acid groups (broad SMARTS) is 1. The molecule has 1 aromatic rings. The molecular weight excluding hydrogens is 204 g/mol. The van der Waals surface area contributed by atoms with E-state index < -0.39 is 12.1 Å². The van der Waals surface area contributed by atoms with Crippen LogP contribution in [0.5, 0.6) is 0 Å². The van der Waals surface area contributed by atoms with Gasteiger partial charge in [-0.25, -0.2) is 4.79 Å². The Kier molecular flexibility index (Phi) is 4.08. The average Bonchev–Trinajstić information content (AvgIpc) is 2.30. The molecule has 1 heterocycles. The highest BCUT2D eigenvalue weighted by Gasteiger charge is 2.20. The molecule has 4 heteroatoms. The predicted molar refractivity (Wildman–Crippen MR) is 65.0 cm³/mol. The Hall–Kier alpha value is -1.81. The summed E-state index contributed by atoms with van der Waals surface area (Å²) in [7, 11) is 0. The topological polar surface area (TPSA) is 75.4 Å². The van der Waals surface area contributed by atoms with Crippen LogP contribution in [0.15, 0.2) is 30.3 Å². The third-order valence-electron chi connectivity index (χ3n) is 2.12. The second-order valence-corrected chi connectivity index (χ2v) is 3.10. The van der Waals surface area contributed by atoms with Crippen molar-refractivity contribution >= 4 is 17.2 Å². The summed E-state index contributed by atoms with van der Waals surface area (Å²) >= 11 is 0. The van der Waals surface area contributed by atoms with Crippen LogP contribution in [0.1, 0.15) is 19.4 Å². The number of aliphatic carboxylic acids is 1. The second kappa shape index (κ2) is 5.32. The zero-order valence-corrected chi connectivity index (χ0v) is 9.40. The van der Waals surface area contributed by atoms with Gasteiger partial charge < -0.3 is 16.2 Å². The molecule has 0 spiro atoms. The average molecular weight is 220 g/mol. The Bertz CT molecular complexity index is 413. The number of para-hydroxylation sites is 1. The normalized spacial score (nSPS) is 17.2. The van der Waals surface area contributed by atoms with Gasteiger partial charge in [0.05, 0.1) is 11.7 Å². The van der Waals surface area contributed by atoms with E-state index in [4.69, 9.17) is 10.8 Å². The first-order valence-electron chi connectivity index (χ1n) is 5.25. The molecule has 0 radical (unpaired) electrons. The first-order chi connectivity index (χ1) is 7.68. The third kappa shape index (κ3) is 2.41. The molecule has 2 rings (SSSR count). The van der Waals surface area contributed by atoms with Crippen LogP contribution in [0.4, 0.5) is 5.69 Å². The predicted octanol–water partition coefficient (Wildman–Crippen LogP) is 1.89. The lowest BCUT2D eigenvalue weighted by Crippen LogP contribution is -2.31. The number of nitrogens with one attached hydrogen (secondary N) is 1. The van der Waals surface area contributed by atoms with E-state index in [9.17, 15) is 4.79 Å². The highest BCUT2D eigenvalue weighted by Crippen LogP contribution is 2.28. The SMILES string of the molecule is CC.NC1C=C(C(=O)O)c2ccccc2N1. The summed E-state index contributed by atoms with van der Waals surface area (Å²) in [4.78, 5) is 10.9. The molecule has 1 aromatic carbocycles. The zero-order valence-electron chi connectivity index (χ0n) is 9.40. The van der Waals surface area contributed by atoms with Crippen molar-refractivity contribution < 1.29 is 9.90 Å². The third-order valence-corrected chi connectivity index (χ3v) is 2.12. The molecular formula is C12H16N2O2. The van der Waals surface area contributed by atoms with Crippen molar-refractivity contribution in [3.8, 4) is 0 Å². The zero-order chi connectivity index (χ0) is 12.1. The van der Waals surface area contributed by atoms with Crippen molar-refractivity contribution in [1.82, 2.24) is 0 Å². The summed E-state index contributed by atoms with van der Waals surface area (Å²) in [6.07, 6.45) is 1.07. The maximum absolute atomic E-state index is 10.9. The molecule has 0 bridgehead atoms. The molecule has 0 fully saturated rings. The summed E-state index contributed by atoms with van der Waals surface area (Å²) < 4.78 is 0. The number of nitrogens with two attached hydrogens (primary N) is 1. The minimum absolute atomic E-state index is 0.256. The van der Waals surface area contributed by atoms with E-state index in [1.165, 1.54) is 6.08 Å². The van der Waals surface area contributed by atoms with Crippen molar-refractivity contribution in [3.05, 3.63) is 35.9 Å². The van der Waals surface area contributed by atoms with Gasteiger partial charge in [-0.05, 0) is 12.1 Å². The Morgan fingerprint density at radius 2 is 2.00 bits per heavy atom. The van der Waals surface area contributed by atoms with Crippen LogP contribution in [-0.2, 0) is 4.79 Å². The van der Waals surface area contributed by atoms with Crippen LogP contribution in [0, 0.1) is 0 Å². The standard InChI is InChI=1S/C10H10N2O2.C2H6/c11-9-5-7(10(13)14)6-3-1-2-4-8(6)12-9;1-2/h1-5,9,12H,11H2,(H,13,14);1-2H3. The number of rotatable bonds is 1. The fourth-order valence-corrected chi connectivity index (χ4v) is 1.52. The van der Waals surface area contributed by atoms with Crippen LogP contribution in [-0.4, -0.2) is 17.2 Å². The van der Waals surface area contributed by atoms with E-state index in [1.54, 1.807) is 12.1 Å². The maximum atomic E-state index is 10.9. The number of hydrogen-bond acceptors (Lipinski definition) is 3. The second-order valence-electron chi connectivity index (χ2n) is 3.10. The molecule has 86 valence electrons. The molecule has 0 saturated heterocycles. The molecule has 0 aliphatic carbocycles. The van der Waals surface area contributed by atoms with E-state index in [1.807, 2.05) is 26.0 Å². The summed E-state index contributed by atoms with van der Waals surface area (Å²) in [6.45, 7) is 4.00. The highest BCUT2D eigenvalue weighted by molar-refractivity contribution is 6.17. The molecule has 1 atom stereocenters. The van der Waals surface area contributed by atoms with Gasteiger partial charge in [-0.15, -0.1) is 0 Å². The number of benzene rings is 1. The Morgan fingerprint density at radius 1 is 1.38 bits per heavy atom. The number of carboxylic acids is 1. The minimum atomic E-state index is -0.950. The Morgan fingerprint density at radius 3 is 2.62 bits per heavy atom. The van der Waals surface area contributed by atoms with Gasteiger partial charge in [-0.2, -0.15) is 0 Å². The van der Waals surface area contributed by atoms with E-state index in [2.05, 4.69) is 5.32 Å². The lowest BCUT2D eigenvalue weighted by atomic mass is 9.99. The van der Waals surface area contributed by atoms with Gasteiger partial charge in [0.15, 0.2) is 0 Å². The first-order valence-corrected chi connectivity index (χ1v) is 5.25. The fourth-order valence-electron chi connectivity index (χ4n) is 1.52. The summed E-state index contributed by atoms with van der Waals surface area (Å²) in [5.74, 6) is -0.950. The quantitative estimate of drug-likeness (QED) is 0.675. The van der Waals surface area contributed by atoms with Crippen molar-refractivity contribution in [2.75, 3.05) is 5.32 Å². The number of anilines is 1. The van der Waals surface area contributed by atoms with Gasteiger partial charge in [-0.3, -0.25) is 0 Å². The molecule has 1 aliphatic heterocycles. The molecule has 16 heavy (non-hydrogen) atoms. The van der Waals surface area contributed by atoms with E-state index in [-0.39, 0.29) is 5.57 Å². The van der Waals surface area contributed by atoms with Gasteiger partial charge in [0.25, 0.3) is 0 Å². The minimum Gasteiger partial charge on any atom is -0.478 e. The van der Waals surface area contributed by atoms with Crippen LogP contribution in [0.25, 0.3) is 5.57 Å². The monoisotopic (exact) mass is 220 g/mol. The van der Waals surface area contributed by atoms with Crippen LogP contribution >= 0.6 is 0 Å². The molecule has 0 amide bonds. The molecule has 0 aromatic heterocycles. The van der Waals surface area contributed by atoms with Gasteiger partial charge in [0.1, 0.15) is 0 Å². The lowest BCUT2D eigenvalue weighted by molar-refractivity contribution is -0.130.